The van der Waals surface area contributed by atoms with Gasteiger partial charge in [0.2, 0.25) is 5.28 Å². The van der Waals surface area contributed by atoms with Gasteiger partial charge in [0.1, 0.15) is 5.75 Å². The van der Waals surface area contributed by atoms with Crippen LogP contribution >= 0.6 is 23.2 Å². The van der Waals surface area contributed by atoms with Crippen molar-refractivity contribution in [3.05, 3.63) is 33.6 Å². The van der Waals surface area contributed by atoms with E-state index in [1.807, 2.05) is 20.8 Å². The monoisotopic (exact) mass is 327 g/mol. The third kappa shape index (κ3) is 4.19. The third-order valence-electron chi connectivity index (χ3n) is 2.62. The van der Waals surface area contributed by atoms with Gasteiger partial charge in [0.05, 0.1) is 6.61 Å². The molecule has 0 atom stereocenters. The molecule has 0 N–H and O–H groups in total. The summed E-state index contributed by atoms with van der Waals surface area (Å²) in [5.74, 6) is 0.642. The molecule has 0 bridgehead atoms. The van der Waals surface area contributed by atoms with Crippen molar-refractivity contribution in [3.8, 4) is 17.8 Å². The van der Waals surface area contributed by atoms with Crippen molar-refractivity contribution in [2.45, 2.75) is 27.2 Å². The lowest BCUT2D eigenvalue weighted by molar-refractivity contribution is 0.284. The first kappa shape index (κ1) is 15.8. The van der Waals surface area contributed by atoms with E-state index in [2.05, 4.69) is 15.0 Å². The number of nitrogens with zero attached hydrogens (tertiary/aromatic N) is 3. The van der Waals surface area contributed by atoms with Crippen molar-refractivity contribution < 1.29 is 9.47 Å². The Morgan fingerprint density at radius 1 is 1.00 bits per heavy atom. The number of hydrogen-bond acceptors (Lipinski definition) is 5. The van der Waals surface area contributed by atoms with Gasteiger partial charge in [0, 0.05) is 5.02 Å². The Bertz CT molecular complexity index is 627. The molecule has 0 unspecified atom stereocenters. The highest BCUT2D eigenvalue weighted by atomic mass is 35.5. The molecular formula is C14H15Cl2N3O2. The lowest BCUT2D eigenvalue weighted by Gasteiger charge is -2.11. The molecule has 0 aliphatic rings. The zero-order valence-electron chi connectivity index (χ0n) is 12.0. The standard InChI is InChI=1S/C14H15Cl2N3O2/c1-4-5-20-13-17-12(16)18-14(19-13)21-11-8(2)6-10(15)7-9(11)3/h6-7H,4-5H2,1-3H3. The van der Waals surface area contributed by atoms with Crippen LogP contribution in [0.15, 0.2) is 12.1 Å². The van der Waals surface area contributed by atoms with Crippen molar-refractivity contribution in [1.82, 2.24) is 15.0 Å². The summed E-state index contributed by atoms with van der Waals surface area (Å²) < 4.78 is 11.1. The maximum atomic E-state index is 5.99. The van der Waals surface area contributed by atoms with E-state index in [4.69, 9.17) is 32.7 Å². The minimum Gasteiger partial charge on any atom is -0.463 e. The summed E-state index contributed by atoms with van der Waals surface area (Å²) in [7, 11) is 0. The van der Waals surface area contributed by atoms with Crippen LogP contribution in [-0.2, 0) is 0 Å². The lowest BCUT2D eigenvalue weighted by atomic mass is 10.1. The van der Waals surface area contributed by atoms with Crippen LogP contribution in [0.25, 0.3) is 0 Å². The molecule has 0 aliphatic heterocycles. The van der Waals surface area contributed by atoms with Crippen molar-refractivity contribution in [2.24, 2.45) is 0 Å². The van der Waals surface area contributed by atoms with E-state index < -0.39 is 0 Å². The minimum absolute atomic E-state index is 0.0235. The molecule has 2 aromatic rings. The van der Waals surface area contributed by atoms with Gasteiger partial charge in [-0.05, 0) is 55.1 Å². The molecule has 0 saturated carbocycles. The number of rotatable bonds is 5. The fraction of sp³-hybridized carbons (Fsp3) is 0.357. The predicted molar refractivity (Wildman–Crippen MR) is 81.6 cm³/mol. The minimum atomic E-state index is 0.0235. The van der Waals surface area contributed by atoms with E-state index in [-0.39, 0.29) is 17.3 Å². The zero-order chi connectivity index (χ0) is 15.4. The molecule has 0 saturated heterocycles. The molecule has 1 aromatic carbocycles. The van der Waals surface area contributed by atoms with E-state index in [9.17, 15) is 0 Å². The Balaban J connectivity index is 2.29. The number of benzene rings is 1. The predicted octanol–water partition coefficient (Wildman–Crippen LogP) is 4.38. The van der Waals surface area contributed by atoms with Gasteiger partial charge in [0.25, 0.3) is 0 Å². The first-order valence-corrected chi connectivity index (χ1v) is 7.24. The lowest BCUT2D eigenvalue weighted by Crippen LogP contribution is -2.03. The smallest absolute Gasteiger partial charge is 0.329 e. The topological polar surface area (TPSA) is 57.1 Å². The van der Waals surface area contributed by atoms with Crippen molar-refractivity contribution in [2.75, 3.05) is 6.61 Å². The summed E-state index contributed by atoms with van der Waals surface area (Å²) in [5.41, 5.74) is 1.76. The van der Waals surface area contributed by atoms with E-state index in [1.165, 1.54) is 0 Å². The molecule has 0 spiro atoms. The Hall–Kier alpha value is -1.59. The number of halogens is 2. The highest BCUT2D eigenvalue weighted by molar-refractivity contribution is 6.30. The van der Waals surface area contributed by atoms with Crippen LogP contribution in [0.4, 0.5) is 0 Å². The molecule has 0 aliphatic carbocycles. The Labute approximate surface area is 133 Å². The number of hydrogen-bond donors (Lipinski definition) is 0. The molecule has 5 nitrogen and oxygen atoms in total. The second-order valence-corrected chi connectivity index (χ2v) is 5.26. The van der Waals surface area contributed by atoms with E-state index in [1.54, 1.807) is 12.1 Å². The molecule has 1 heterocycles. The average Bonchev–Trinajstić information content (AvgIpc) is 2.40. The number of aromatic nitrogens is 3. The van der Waals surface area contributed by atoms with Crippen LogP contribution < -0.4 is 9.47 Å². The summed E-state index contributed by atoms with van der Waals surface area (Å²) in [4.78, 5) is 11.9. The fourth-order valence-electron chi connectivity index (χ4n) is 1.77. The number of aryl methyl sites for hydroxylation is 2. The summed E-state index contributed by atoms with van der Waals surface area (Å²) >= 11 is 11.9. The van der Waals surface area contributed by atoms with Gasteiger partial charge >= 0.3 is 12.0 Å². The van der Waals surface area contributed by atoms with Gasteiger partial charge in [-0.15, -0.1) is 4.98 Å². The van der Waals surface area contributed by atoms with Crippen LogP contribution in [-0.4, -0.2) is 21.6 Å². The van der Waals surface area contributed by atoms with Gasteiger partial charge in [-0.25, -0.2) is 0 Å². The van der Waals surface area contributed by atoms with Gasteiger partial charge in [-0.2, -0.15) is 9.97 Å². The Kier molecular flexibility index (Phi) is 5.20. The second kappa shape index (κ2) is 6.91. The maximum Gasteiger partial charge on any atom is 0.329 e. The van der Waals surface area contributed by atoms with Crippen LogP contribution in [0.5, 0.6) is 17.8 Å². The van der Waals surface area contributed by atoms with Crippen LogP contribution in [0.3, 0.4) is 0 Å². The normalized spacial score (nSPS) is 10.5. The van der Waals surface area contributed by atoms with Gasteiger partial charge < -0.3 is 9.47 Å². The van der Waals surface area contributed by atoms with Gasteiger partial charge in [-0.3, -0.25) is 0 Å². The Morgan fingerprint density at radius 3 is 2.24 bits per heavy atom. The highest BCUT2D eigenvalue weighted by Crippen LogP contribution is 2.30. The molecule has 0 fully saturated rings. The van der Waals surface area contributed by atoms with Gasteiger partial charge in [0.15, 0.2) is 0 Å². The second-order valence-electron chi connectivity index (χ2n) is 4.49. The summed E-state index contributed by atoms with van der Waals surface area (Å²) in [6, 6.07) is 3.85. The fourth-order valence-corrected chi connectivity index (χ4v) is 2.24. The van der Waals surface area contributed by atoms with E-state index in [0.29, 0.717) is 17.4 Å². The maximum absolute atomic E-state index is 5.99. The summed E-state index contributed by atoms with van der Waals surface area (Å²) in [6.07, 6.45) is 0.842. The van der Waals surface area contributed by atoms with Crippen molar-refractivity contribution >= 4 is 23.2 Å². The molecule has 21 heavy (non-hydrogen) atoms. The summed E-state index contributed by atoms with van der Waals surface area (Å²) in [6.45, 7) is 6.27. The van der Waals surface area contributed by atoms with Crippen LogP contribution in [0, 0.1) is 13.8 Å². The van der Waals surface area contributed by atoms with Crippen LogP contribution in [0.1, 0.15) is 24.5 Å². The molecule has 1 aromatic heterocycles. The molecule has 112 valence electrons. The largest absolute Gasteiger partial charge is 0.463 e. The highest BCUT2D eigenvalue weighted by Gasteiger charge is 2.12. The van der Waals surface area contributed by atoms with Crippen molar-refractivity contribution in [3.63, 3.8) is 0 Å². The Morgan fingerprint density at radius 2 is 1.62 bits per heavy atom. The molecular weight excluding hydrogens is 313 g/mol. The molecule has 2 rings (SSSR count). The quantitative estimate of drug-likeness (QED) is 0.815. The molecule has 0 amide bonds. The number of ether oxygens (including phenoxy) is 2. The first-order chi connectivity index (χ1) is 9.99. The third-order valence-corrected chi connectivity index (χ3v) is 3.01. The summed E-state index contributed by atoms with van der Waals surface area (Å²) in [5, 5.41) is 0.674. The SMILES string of the molecule is CCCOc1nc(Cl)nc(Oc2c(C)cc(Cl)cc2C)n1. The van der Waals surface area contributed by atoms with Gasteiger partial charge in [-0.1, -0.05) is 18.5 Å². The molecule has 7 heteroatoms. The zero-order valence-corrected chi connectivity index (χ0v) is 13.5. The average molecular weight is 328 g/mol. The van der Waals surface area contributed by atoms with Crippen LogP contribution in [0.2, 0.25) is 10.3 Å². The van der Waals surface area contributed by atoms with Crippen molar-refractivity contribution in [1.29, 1.82) is 0 Å². The first-order valence-electron chi connectivity index (χ1n) is 6.48. The van der Waals surface area contributed by atoms with E-state index in [0.717, 1.165) is 17.5 Å². The molecule has 0 radical (unpaired) electrons. The van der Waals surface area contributed by atoms with E-state index >= 15 is 0 Å².